The highest BCUT2D eigenvalue weighted by Gasteiger charge is 2.37. The summed E-state index contributed by atoms with van der Waals surface area (Å²) in [6, 6.07) is 5.30. The van der Waals surface area contributed by atoms with E-state index in [-0.39, 0.29) is 12.4 Å². The highest BCUT2D eigenvalue weighted by Crippen LogP contribution is 2.48. The predicted octanol–water partition coefficient (Wildman–Crippen LogP) is 2.60. The van der Waals surface area contributed by atoms with Crippen molar-refractivity contribution >= 4 is 12.4 Å². The third kappa shape index (κ3) is 1.46. The summed E-state index contributed by atoms with van der Waals surface area (Å²) in [6.45, 7) is 0. The molecule has 1 aromatic carbocycles. The number of rotatable bonds is 2. The average molecular weight is 242 g/mol. The molecule has 3 nitrogen and oxygen atoms in total. The molecular weight excluding hydrogens is 226 g/mol. The van der Waals surface area contributed by atoms with E-state index >= 15 is 0 Å². The molecule has 1 N–H and O–H groups in total. The molecule has 16 heavy (non-hydrogen) atoms. The first-order valence-corrected chi connectivity index (χ1v) is 5.35. The lowest BCUT2D eigenvalue weighted by atomic mass is 9.91. The number of hydrogen-bond donors (Lipinski definition) is 1. The molecule has 3 rings (SSSR count). The Bertz CT molecular complexity index is 371. The Hall–Kier alpha value is -0.930. The molecule has 1 aromatic rings. The lowest BCUT2D eigenvalue weighted by Gasteiger charge is -2.16. The molecule has 0 radical (unpaired) electrons. The Morgan fingerprint density at radius 1 is 1.00 bits per heavy atom. The van der Waals surface area contributed by atoms with Gasteiger partial charge in [-0.2, -0.15) is 0 Å². The maximum atomic E-state index is 5.32. The number of halogens is 1. The summed E-state index contributed by atoms with van der Waals surface area (Å²) >= 11 is 0. The summed E-state index contributed by atoms with van der Waals surface area (Å²) in [5.74, 6) is 1.68. The van der Waals surface area contributed by atoms with Gasteiger partial charge in [-0.25, -0.2) is 0 Å². The quantitative estimate of drug-likeness (QED) is 0.864. The molecule has 0 amide bonds. The molecule has 0 aliphatic carbocycles. The molecule has 1 fully saturated rings. The van der Waals surface area contributed by atoms with Crippen molar-refractivity contribution in [2.45, 2.75) is 24.9 Å². The van der Waals surface area contributed by atoms with E-state index in [0.717, 1.165) is 11.5 Å². The van der Waals surface area contributed by atoms with Gasteiger partial charge in [0.2, 0.25) is 0 Å². The minimum atomic E-state index is 0. The predicted molar refractivity (Wildman–Crippen MR) is 64.6 cm³/mol. The van der Waals surface area contributed by atoms with E-state index in [2.05, 4.69) is 17.4 Å². The van der Waals surface area contributed by atoms with Crippen molar-refractivity contribution in [2.24, 2.45) is 0 Å². The third-order valence-electron chi connectivity index (χ3n) is 3.49. The van der Waals surface area contributed by atoms with E-state index in [1.165, 1.54) is 24.0 Å². The normalized spacial score (nSPS) is 24.9. The van der Waals surface area contributed by atoms with Gasteiger partial charge in [0.15, 0.2) is 11.5 Å². The molecule has 4 heteroatoms. The molecular formula is C12H16ClNO2. The highest BCUT2D eigenvalue weighted by molar-refractivity contribution is 5.85. The minimum absolute atomic E-state index is 0. The van der Waals surface area contributed by atoms with Crippen LogP contribution in [0.25, 0.3) is 0 Å². The maximum Gasteiger partial charge on any atom is 0.161 e. The van der Waals surface area contributed by atoms with Crippen molar-refractivity contribution in [3.05, 3.63) is 23.3 Å². The molecule has 2 atom stereocenters. The molecule has 2 unspecified atom stereocenters. The molecule has 2 aliphatic heterocycles. The van der Waals surface area contributed by atoms with Crippen LogP contribution < -0.4 is 14.8 Å². The van der Waals surface area contributed by atoms with Crippen molar-refractivity contribution in [2.75, 3.05) is 14.2 Å². The Balaban J connectivity index is 0.000000963. The Labute approximate surface area is 102 Å². The lowest BCUT2D eigenvalue weighted by Crippen LogP contribution is -2.05. The molecule has 88 valence electrons. The van der Waals surface area contributed by atoms with Crippen LogP contribution in [0.5, 0.6) is 11.5 Å². The molecule has 0 spiro atoms. The Kier molecular flexibility index (Phi) is 3.00. The molecule has 0 saturated carbocycles. The highest BCUT2D eigenvalue weighted by atomic mass is 35.5. The zero-order valence-electron chi connectivity index (χ0n) is 9.45. The fraction of sp³-hybridized carbons (Fsp3) is 0.500. The fourth-order valence-corrected chi connectivity index (χ4v) is 2.75. The first-order chi connectivity index (χ1) is 7.33. The summed E-state index contributed by atoms with van der Waals surface area (Å²) < 4.78 is 10.6. The Morgan fingerprint density at radius 2 is 1.44 bits per heavy atom. The van der Waals surface area contributed by atoms with Crippen LogP contribution >= 0.6 is 12.4 Å². The van der Waals surface area contributed by atoms with Crippen molar-refractivity contribution < 1.29 is 9.47 Å². The van der Waals surface area contributed by atoms with Gasteiger partial charge in [0, 0.05) is 12.1 Å². The summed E-state index contributed by atoms with van der Waals surface area (Å²) in [7, 11) is 3.37. The van der Waals surface area contributed by atoms with Gasteiger partial charge in [-0.15, -0.1) is 12.4 Å². The van der Waals surface area contributed by atoms with Crippen LogP contribution in [0.4, 0.5) is 0 Å². The smallest absolute Gasteiger partial charge is 0.161 e. The van der Waals surface area contributed by atoms with E-state index in [1.54, 1.807) is 14.2 Å². The first-order valence-electron chi connectivity index (χ1n) is 5.35. The number of benzene rings is 1. The van der Waals surface area contributed by atoms with Crippen LogP contribution in [0, 0.1) is 0 Å². The van der Waals surface area contributed by atoms with Gasteiger partial charge in [0.25, 0.3) is 0 Å². The molecule has 2 heterocycles. The molecule has 2 bridgehead atoms. The van der Waals surface area contributed by atoms with Gasteiger partial charge >= 0.3 is 0 Å². The van der Waals surface area contributed by atoms with Gasteiger partial charge in [-0.05, 0) is 36.1 Å². The number of ether oxygens (including phenoxy) is 2. The second kappa shape index (κ2) is 4.15. The fourth-order valence-electron chi connectivity index (χ4n) is 2.75. The topological polar surface area (TPSA) is 30.5 Å². The largest absolute Gasteiger partial charge is 0.493 e. The van der Waals surface area contributed by atoms with Crippen LogP contribution in [0.1, 0.15) is 36.1 Å². The van der Waals surface area contributed by atoms with Crippen molar-refractivity contribution in [1.29, 1.82) is 0 Å². The van der Waals surface area contributed by atoms with Gasteiger partial charge in [-0.1, -0.05) is 0 Å². The van der Waals surface area contributed by atoms with E-state index in [0.29, 0.717) is 12.1 Å². The standard InChI is InChI=1S/C12H15NO2.ClH/c1-14-11-5-7-8(6-12(11)15-2)10-4-3-9(7)13-10;/h5-6,9-10,13H,3-4H2,1-2H3;1H. The number of nitrogens with one attached hydrogen (secondary N) is 1. The van der Waals surface area contributed by atoms with Gasteiger partial charge < -0.3 is 14.8 Å². The summed E-state index contributed by atoms with van der Waals surface area (Å²) in [4.78, 5) is 0. The first kappa shape index (κ1) is 11.6. The monoisotopic (exact) mass is 241 g/mol. The summed E-state index contributed by atoms with van der Waals surface area (Å²) in [5.41, 5.74) is 2.78. The summed E-state index contributed by atoms with van der Waals surface area (Å²) in [6.07, 6.45) is 2.49. The van der Waals surface area contributed by atoms with Crippen LogP contribution in [0.2, 0.25) is 0 Å². The SMILES string of the molecule is COc1cc2c(cc1OC)C1CCC2N1.Cl. The lowest BCUT2D eigenvalue weighted by molar-refractivity contribution is 0.353. The summed E-state index contributed by atoms with van der Waals surface area (Å²) in [5, 5.41) is 3.58. The zero-order chi connectivity index (χ0) is 10.4. The molecule has 2 aliphatic rings. The number of fused-ring (bicyclic) bond motifs is 5. The van der Waals surface area contributed by atoms with Crippen molar-refractivity contribution in [3.8, 4) is 11.5 Å². The van der Waals surface area contributed by atoms with Gasteiger partial charge in [-0.3, -0.25) is 0 Å². The van der Waals surface area contributed by atoms with Crippen molar-refractivity contribution in [3.63, 3.8) is 0 Å². The molecule has 0 aromatic heterocycles. The van der Waals surface area contributed by atoms with Crippen LogP contribution in [-0.2, 0) is 0 Å². The van der Waals surface area contributed by atoms with E-state index in [9.17, 15) is 0 Å². The second-order valence-electron chi connectivity index (χ2n) is 4.19. The minimum Gasteiger partial charge on any atom is -0.493 e. The average Bonchev–Trinajstić information content (AvgIpc) is 2.88. The van der Waals surface area contributed by atoms with Gasteiger partial charge in [0.05, 0.1) is 14.2 Å². The van der Waals surface area contributed by atoms with Crippen LogP contribution in [0.3, 0.4) is 0 Å². The third-order valence-corrected chi connectivity index (χ3v) is 3.49. The Morgan fingerprint density at radius 3 is 1.81 bits per heavy atom. The van der Waals surface area contributed by atoms with E-state index < -0.39 is 0 Å². The zero-order valence-corrected chi connectivity index (χ0v) is 10.3. The van der Waals surface area contributed by atoms with Crippen LogP contribution in [-0.4, -0.2) is 14.2 Å². The van der Waals surface area contributed by atoms with Crippen LogP contribution in [0.15, 0.2) is 12.1 Å². The number of hydrogen-bond acceptors (Lipinski definition) is 3. The number of methoxy groups -OCH3 is 2. The van der Waals surface area contributed by atoms with E-state index in [1.807, 2.05) is 0 Å². The molecule has 1 saturated heterocycles. The van der Waals surface area contributed by atoms with Gasteiger partial charge in [0.1, 0.15) is 0 Å². The second-order valence-corrected chi connectivity index (χ2v) is 4.19. The van der Waals surface area contributed by atoms with Crippen molar-refractivity contribution in [1.82, 2.24) is 5.32 Å². The van der Waals surface area contributed by atoms with E-state index in [4.69, 9.17) is 9.47 Å². The maximum absolute atomic E-state index is 5.32.